The van der Waals surface area contributed by atoms with Crippen LogP contribution in [0.1, 0.15) is 84.5 Å². The fraction of sp³-hybridized carbons (Fsp3) is 0.882. The van der Waals surface area contributed by atoms with E-state index < -0.39 is 0 Å². The average Bonchev–Trinajstić information content (AvgIpc) is 2.39. The van der Waals surface area contributed by atoms with Crippen molar-refractivity contribution in [2.24, 2.45) is 5.92 Å². The molecule has 0 saturated heterocycles. The van der Waals surface area contributed by atoms with Crippen molar-refractivity contribution in [1.82, 2.24) is 0 Å². The Morgan fingerprint density at radius 3 is 2.00 bits per heavy atom. The molecular weight excluding hydrogens is 220 g/mol. The lowest BCUT2D eigenvalue weighted by Gasteiger charge is -2.06. The maximum Gasteiger partial charge on any atom is 0.0431 e. The number of aliphatic hydroxyl groups is 1. The van der Waals surface area contributed by atoms with Crippen molar-refractivity contribution in [3.8, 4) is 0 Å². The summed E-state index contributed by atoms with van der Waals surface area (Å²) in [5.41, 5.74) is 0. The molecule has 108 valence electrons. The topological polar surface area (TPSA) is 20.2 Å². The minimum atomic E-state index is 0.358. The minimum absolute atomic E-state index is 0.358. The molecule has 0 fully saturated rings. The van der Waals surface area contributed by atoms with E-state index in [1.54, 1.807) is 0 Å². The van der Waals surface area contributed by atoms with E-state index in [2.05, 4.69) is 26.0 Å². The molecule has 0 aromatic carbocycles. The van der Waals surface area contributed by atoms with Crippen LogP contribution in [-0.2, 0) is 0 Å². The standard InChI is InChI=1S/C17H34O/c1-3-17(2)15-13-11-9-7-5-4-6-8-10-12-14-16-18/h5,7,17-18H,3-4,6,8-16H2,1-2H3/b7-5+/t17-/m0/s1. The number of hydrogen-bond acceptors (Lipinski definition) is 1. The second-order valence-electron chi connectivity index (χ2n) is 5.55. The van der Waals surface area contributed by atoms with E-state index in [9.17, 15) is 0 Å². The molecule has 0 aliphatic rings. The Hall–Kier alpha value is -0.300. The predicted octanol–water partition coefficient (Wildman–Crippen LogP) is 5.48. The van der Waals surface area contributed by atoms with Crippen LogP contribution in [0.25, 0.3) is 0 Å². The average molecular weight is 254 g/mol. The Kier molecular flexibility index (Phi) is 14.5. The molecule has 1 N–H and O–H groups in total. The van der Waals surface area contributed by atoms with Crippen LogP contribution in [0, 0.1) is 5.92 Å². The van der Waals surface area contributed by atoms with E-state index in [4.69, 9.17) is 5.11 Å². The molecule has 0 saturated carbocycles. The Morgan fingerprint density at radius 2 is 1.39 bits per heavy atom. The van der Waals surface area contributed by atoms with Gasteiger partial charge in [0.25, 0.3) is 0 Å². The van der Waals surface area contributed by atoms with E-state index in [0.29, 0.717) is 6.61 Å². The molecule has 0 aromatic heterocycles. The zero-order valence-electron chi connectivity index (χ0n) is 12.7. The molecule has 0 aromatic rings. The van der Waals surface area contributed by atoms with Crippen LogP contribution >= 0.6 is 0 Å². The molecule has 0 unspecified atom stereocenters. The number of allylic oxidation sites excluding steroid dienone is 2. The van der Waals surface area contributed by atoms with Crippen molar-refractivity contribution < 1.29 is 5.11 Å². The molecular formula is C17H34O. The van der Waals surface area contributed by atoms with Gasteiger partial charge >= 0.3 is 0 Å². The van der Waals surface area contributed by atoms with E-state index in [1.807, 2.05) is 0 Å². The highest BCUT2D eigenvalue weighted by molar-refractivity contribution is 4.81. The van der Waals surface area contributed by atoms with Crippen LogP contribution in [0.2, 0.25) is 0 Å². The highest BCUT2D eigenvalue weighted by atomic mass is 16.2. The van der Waals surface area contributed by atoms with E-state index in [0.717, 1.165) is 12.3 Å². The van der Waals surface area contributed by atoms with Gasteiger partial charge in [-0.3, -0.25) is 0 Å². The summed E-state index contributed by atoms with van der Waals surface area (Å²) in [7, 11) is 0. The molecule has 0 bridgehead atoms. The van der Waals surface area contributed by atoms with Crippen molar-refractivity contribution in [1.29, 1.82) is 0 Å². The van der Waals surface area contributed by atoms with Gasteiger partial charge in [-0.1, -0.05) is 64.5 Å². The Bertz CT molecular complexity index is 174. The first kappa shape index (κ1) is 17.7. The Labute approximate surface area is 115 Å². The van der Waals surface area contributed by atoms with Gasteiger partial charge in [0.1, 0.15) is 0 Å². The van der Waals surface area contributed by atoms with Gasteiger partial charge in [-0.05, 0) is 38.0 Å². The molecule has 18 heavy (non-hydrogen) atoms. The summed E-state index contributed by atoms with van der Waals surface area (Å²) in [4.78, 5) is 0. The molecule has 0 amide bonds. The lowest BCUT2D eigenvalue weighted by atomic mass is 10.0. The number of hydrogen-bond donors (Lipinski definition) is 1. The highest BCUT2D eigenvalue weighted by Gasteiger charge is 1.96. The van der Waals surface area contributed by atoms with Gasteiger partial charge in [0.2, 0.25) is 0 Å². The first-order chi connectivity index (χ1) is 8.81. The molecule has 0 rings (SSSR count). The molecule has 0 radical (unpaired) electrons. The molecule has 1 heteroatoms. The second kappa shape index (κ2) is 14.8. The third kappa shape index (κ3) is 13.8. The van der Waals surface area contributed by atoms with Crippen LogP contribution in [0.5, 0.6) is 0 Å². The van der Waals surface area contributed by atoms with Gasteiger partial charge < -0.3 is 5.11 Å². The van der Waals surface area contributed by atoms with Gasteiger partial charge in [-0.2, -0.15) is 0 Å². The number of unbranched alkanes of at least 4 members (excludes halogenated alkanes) is 7. The normalized spacial score (nSPS) is 13.3. The third-order valence-corrected chi connectivity index (χ3v) is 3.71. The van der Waals surface area contributed by atoms with E-state index in [-0.39, 0.29) is 0 Å². The summed E-state index contributed by atoms with van der Waals surface area (Å²) in [5.74, 6) is 0.910. The molecule has 1 nitrogen and oxygen atoms in total. The SMILES string of the molecule is CC[C@H](C)CCCC/C=C/CCCCCCCO. The van der Waals surface area contributed by atoms with E-state index in [1.165, 1.54) is 64.2 Å². The molecule has 0 aliphatic carbocycles. The monoisotopic (exact) mass is 254 g/mol. The first-order valence-electron chi connectivity index (χ1n) is 8.07. The Balaban J connectivity index is 3.09. The fourth-order valence-corrected chi connectivity index (χ4v) is 2.10. The van der Waals surface area contributed by atoms with Gasteiger partial charge in [-0.15, -0.1) is 0 Å². The molecule has 0 aliphatic heterocycles. The minimum Gasteiger partial charge on any atom is -0.396 e. The van der Waals surface area contributed by atoms with Crippen molar-refractivity contribution in [2.75, 3.05) is 6.61 Å². The maximum atomic E-state index is 8.65. The van der Waals surface area contributed by atoms with Crippen molar-refractivity contribution in [2.45, 2.75) is 84.5 Å². The van der Waals surface area contributed by atoms with Crippen LogP contribution < -0.4 is 0 Å². The van der Waals surface area contributed by atoms with Gasteiger partial charge in [0.15, 0.2) is 0 Å². The quantitative estimate of drug-likeness (QED) is 0.341. The van der Waals surface area contributed by atoms with Crippen molar-refractivity contribution in [3.05, 3.63) is 12.2 Å². The van der Waals surface area contributed by atoms with Crippen molar-refractivity contribution in [3.63, 3.8) is 0 Å². The van der Waals surface area contributed by atoms with Crippen molar-refractivity contribution >= 4 is 0 Å². The summed E-state index contributed by atoms with van der Waals surface area (Å²) < 4.78 is 0. The number of aliphatic hydroxyl groups excluding tert-OH is 1. The van der Waals surface area contributed by atoms with Crippen LogP contribution in [0.4, 0.5) is 0 Å². The van der Waals surface area contributed by atoms with E-state index >= 15 is 0 Å². The second-order valence-corrected chi connectivity index (χ2v) is 5.55. The van der Waals surface area contributed by atoms with Crippen LogP contribution in [-0.4, -0.2) is 11.7 Å². The summed E-state index contributed by atoms with van der Waals surface area (Å²) in [5, 5.41) is 8.65. The lowest BCUT2D eigenvalue weighted by Crippen LogP contribution is -1.90. The summed E-state index contributed by atoms with van der Waals surface area (Å²) in [6.45, 7) is 4.99. The third-order valence-electron chi connectivity index (χ3n) is 3.71. The fourth-order valence-electron chi connectivity index (χ4n) is 2.10. The molecule has 0 spiro atoms. The summed E-state index contributed by atoms with van der Waals surface area (Å²) >= 11 is 0. The zero-order valence-corrected chi connectivity index (χ0v) is 12.7. The molecule has 1 atom stereocenters. The summed E-state index contributed by atoms with van der Waals surface area (Å²) in [6.07, 6.45) is 18.8. The lowest BCUT2D eigenvalue weighted by molar-refractivity contribution is 0.282. The van der Waals surface area contributed by atoms with Crippen LogP contribution in [0.3, 0.4) is 0 Å². The molecule has 0 heterocycles. The summed E-state index contributed by atoms with van der Waals surface area (Å²) in [6, 6.07) is 0. The first-order valence-corrected chi connectivity index (χ1v) is 8.07. The van der Waals surface area contributed by atoms with Crippen LogP contribution in [0.15, 0.2) is 12.2 Å². The highest BCUT2D eigenvalue weighted by Crippen LogP contribution is 2.12. The zero-order chi connectivity index (χ0) is 13.5. The predicted molar refractivity (Wildman–Crippen MR) is 81.9 cm³/mol. The smallest absolute Gasteiger partial charge is 0.0431 e. The maximum absolute atomic E-state index is 8.65. The largest absolute Gasteiger partial charge is 0.396 e. The number of rotatable bonds is 13. The van der Waals surface area contributed by atoms with Gasteiger partial charge in [0, 0.05) is 6.61 Å². The van der Waals surface area contributed by atoms with Gasteiger partial charge in [-0.25, -0.2) is 0 Å². The van der Waals surface area contributed by atoms with Gasteiger partial charge in [0.05, 0.1) is 0 Å². The Morgan fingerprint density at radius 1 is 0.833 bits per heavy atom.